The first kappa shape index (κ1) is 40.6. The Hall–Kier alpha value is -1.57. The van der Waals surface area contributed by atoms with Gasteiger partial charge in [0.1, 0.15) is 18.9 Å². The summed E-state index contributed by atoms with van der Waals surface area (Å²) in [7, 11) is 0. The van der Waals surface area contributed by atoms with Crippen LogP contribution >= 0.6 is 0 Å². The molecule has 1 aromatic heterocycles. The van der Waals surface area contributed by atoms with E-state index in [0.717, 1.165) is 6.54 Å². The molecule has 0 aliphatic heterocycles. The number of aromatic nitrogens is 2. The highest BCUT2D eigenvalue weighted by Crippen LogP contribution is 2.16. The predicted octanol–water partition coefficient (Wildman–Crippen LogP) is 14.1. The van der Waals surface area contributed by atoms with Gasteiger partial charge in [0.2, 0.25) is 0 Å². The maximum absolute atomic E-state index is 2.59. The van der Waals surface area contributed by atoms with E-state index < -0.39 is 0 Å². The van der Waals surface area contributed by atoms with Crippen LogP contribution in [0.15, 0.2) is 42.7 Å². The fourth-order valence-electron chi connectivity index (χ4n) is 7.22. The van der Waals surface area contributed by atoms with Crippen LogP contribution in [0.1, 0.15) is 218 Å². The molecule has 2 nitrogen and oxygen atoms in total. The van der Waals surface area contributed by atoms with E-state index in [2.05, 4.69) is 65.7 Å². The minimum Gasteiger partial charge on any atom is -0.234 e. The van der Waals surface area contributed by atoms with Gasteiger partial charge in [0.15, 0.2) is 0 Å². The molecule has 0 fully saturated rings. The van der Waals surface area contributed by atoms with Crippen molar-refractivity contribution in [2.45, 2.75) is 226 Å². The SMILES string of the molecule is CCCCCCCCCCCCCCCCCc1n(CCCCCCCCCCCCCCCCC)cc[n+]1Cc1ccccc1. The number of aryl methyl sites for hydroxylation is 1. The number of hydrogen-bond donors (Lipinski definition) is 0. The van der Waals surface area contributed by atoms with E-state index in [-0.39, 0.29) is 0 Å². The van der Waals surface area contributed by atoms with Crippen LogP contribution in [0.2, 0.25) is 0 Å². The first-order chi connectivity index (χ1) is 22.8. The fourth-order valence-corrected chi connectivity index (χ4v) is 7.22. The molecule has 2 aromatic rings. The van der Waals surface area contributed by atoms with Gasteiger partial charge in [-0.25, -0.2) is 9.13 Å². The number of benzene rings is 1. The zero-order chi connectivity index (χ0) is 32.6. The zero-order valence-corrected chi connectivity index (χ0v) is 31.3. The highest BCUT2D eigenvalue weighted by Gasteiger charge is 2.17. The minimum absolute atomic E-state index is 1.00. The van der Waals surface area contributed by atoms with Gasteiger partial charge in [-0.1, -0.05) is 218 Å². The molecule has 0 spiro atoms. The molecule has 264 valence electrons. The maximum atomic E-state index is 2.59. The monoisotopic (exact) mass is 636 g/mol. The second-order valence-electron chi connectivity index (χ2n) is 14.7. The molecule has 1 aromatic carbocycles. The first-order valence-corrected chi connectivity index (χ1v) is 21.0. The average molecular weight is 636 g/mol. The second kappa shape index (κ2) is 30.7. The van der Waals surface area contributed by atoms with Gasteiger partial charge in [-0.05, 0) is 24.8 Å². The van der Waals surface area contributed by atoms with Crippen LogP contribution < -0.4 is 4.57 Å². The summed E-state index contributed by atoms with van der Waals surface area (Å²) in [6.45, 7) is 6.81. The van der Waals surface area contributed by atoms with Crippen molar-refractivity contribution in [1.29, 1.82) is 0 Å². The lowest BCUT2D eigenvalue weighted by Crippen LogP contribution is -2.37. The lowest BCUT2D eigenvalue weighted by molar-refractivity contribution is -0.695. The number of rotatable bonds is 34. The first-order valence-electron chi connectivity index (χ1n) is 21.0. The van der Waals surface area contributed by atoms with Crippen molar-refractivity contribution in [3.05, 3.63) is 54.1 Å². The van der Waals surface area contributed by atoms with Crippen LogP contribution in [0, 0.1) is 0 Å². The standard InChI is InChI=1S/C44H79N2/c1-3-5-7-9-11-13-15-17-19-21-23-25-27-29-34-38-44-45(40-41-46(44)42-43-36-32-31-33-37-43)39-35-30-28-26-24-22-20-18-16-14-12-10-8-6-4-2/h31-33,36-37,40-41H,3-30,34-35,38-39,42H2,1-2H3/q+1. The van der Waals surface area contributed by atoms with Gasteiger partial charge in [0.05, 0.1) is 6.54 Å². The Balaban J connectivity index is 1.56. The molecule has 0 N–H and O–H groups in total. The molecule has 0 bridgehead atoms. The predicted molar refractivity (Wildman–Crippen MR) is 204 cm³/mol. The van der Waals surface area contributed by atoms with E-state index in [9.17, 15) is 0 Å². The fraction of sp³-hybridized carbons (Fsp3) is 0.795. The molecule has 0 radical (unpaired) electrons. The van der Waals surface area contributed by atoms with E-state index in [0.29, 0.717) is 0 Å². The van der Waals surface area contributed by atoms with Gasteiger partial charge >= 0.3 is 0 Å². The highest BCUT2D eigenvalue weighted by molar-refractivity contribution is 5.13. The van der Waals surface area contributed by atoms with Crippen molar-refractivity contribution in [2.75, 3.05) is 0 Å². The van der Waals surface area contributed by atoms with Crippen molar-refractivity contribution in [1.82, 2.24) is 4.57 Å². The maximum Gasteiger partial charge on any atom is 0.256 e. The van der Waals surface area contributed by atoms with Crippen molar-refractivity contribution in [3.63, 3.8) is 0 Å². The van der Waals surface area contributed by atoms with Crippen LogP contribution in [-0.4, -0.2) is 4.57 Å². The number of imidazole rings is 1. The van der Waals surface area contributed by atoms with Crippen molar-refractivity contribution in [3.8, 4) is 0 Å². The molecular formula is C44H79N2+. The molecule has 1 heterocycles. The van der Waals surface area contributed by atoms with Crippen LogP contribution in [0.3, 0.4) is 0 Å². The third-order valence-electron chi connectivity index (χ3n) is 10.3. The Morgan fingerprint density at radius 2 is 0.804 bits per heavy atom. The lowest BCUT2D eigenvalue weighted by atomic mass is 10.0. The molecule has 0 aliphatic rings. The molecule has 0 amide bonds. The quantitative estimate of drug-likeness (QED) is 0.0534. The highest BCUT2D eigenvalue weighted by atomic mass is 15.1. The smallest absolute Gasteiger partial charge is 0.234 e. The summed E-state index contributed by atoms with van der Waals surface area (Å²) in [4.78, 5) is 0. The van der Waals surface area contributed by atoms with Crippen LogP contribution in [0.5, 0.6) is 0 Å². The van der Waals surface area contributed by atoms with Crippen molar-refractivity contribution >= 4 is 0 Å². The van der Waals surface area contributed by atoms with Crippen LogP contribution in [0.25, 0.3) is 0 Å². The second-order valence-corrected chi connectivity index (χ2v) is 14.7. The molecule has 0 saturated heterocycles. The molecule has 0 atom stereocenters. The Morgan fingerprint density at radius 3 is 1.22 bits per heavy atom. The number of nitrogens with zero attached hydrogens (tertiary/aromatic N) is 2. The Bertz CT molecular complexity index is 885. The Labute approximate surface area is 288 Å². The summed E-state index contributed by atoms with van der Waals surface area (Å²) in [5, 5.41) is 0. The summed E-state index contributed by atoms with van der Waals surface area (Å²) in [5.41, 5.74) is 1.41. The van der Waals surface area contributed by atoms with Gasteiger partial charge in [-0.3, -0.25) is 0 Å². The normalized spacial score (nSPS) is 11.5. The minimum atomic E-state index is 1.00. The van der Waals surface area contributed by atoms with Gasteiger partial charge in [-0.2, -0.15) is 0 Å². The van der Waals surface area contributed by atoms with Gasteiger partial charge in [0.25, 0.3) is 5.82 Å². The molecule has 2 heteroatoms. The van der Waals surface area contributed by atoms with E-state index in [1.54, 1.807) is 5.82 Å². The third kappa shape index (κ3) is 22.1. The molecule has 46 heavy (non-hydrogen) atoms. The molecule has 0 saturated carbocycles. The molecule has 0 unspecified atom stereocenters. The average Bonchev–Trinajstić information content (AvgIpc) is 3.45. The topological polar surface area (TPSA) is 8.81 Å². The largest absolute Gasteiger partial charge is 0.256 e. The van der Waals surface area contributed by atoms with Gasteiger partial charge in [0, 0.05) is 6.42 Å². The number of hydrogen-bond acceptors (Lipinski definition) is 0. The molecule has 2 rings (SSSR count). The summed E-state index contributed by atoms with van der Waals surface area (Å²) >= 11 is 0. The van der Waals surface area contributed by atoms with E-state index in [4.69, 9.17) is 0 Å². The Kier molecular flexibility index (Phi) is 27.1. The molecule has 0 aliphatic carbocycles. The third-order valence-corrected chi connectivity index (χ3v) is 10.3. The summed E-state index contributed by atoms with van der Waals surface area (Å²) in [5.74, 6) is 1.55. The van der Waals surface area contributed by atoms with Crippen LogP contribution in [0.4, 0.5) is 0 Å². The van der Waals surface area contributed by atoms with E-state index >= 15 is 0 Å². The molecular weight excluding hydrogens is 556 g/mol. The van der Waals surface area contributed by atoms with E-state index in [1.807, 2.05) is 0 Å². The van der Waals surface area contributed by atoms with Crippen molar-refractivity contribution in [2.24, 2.45) is 0 Å². The van der Waals surface area contributed by atoms with Gasteiger partial charge in [-0.15, -0.1) is 0 Å². The number of unbranched alkanes of at least 4 members (excludes halogenated alkanes) is 28. The summed E-state index contributed by atoms with van der Waals surface area (Å²) in [6.07, 6.45) is 48.9. The zero-order valence-electron chi connectivity index (χ0n) is 31.3. The van der Waals surface area contributed by atoms with Crippen molar-refractivity contribution < 1.29 is 4.57 Å². The lowest BCUT2D eigenvalue weighted by Gasteiger charge is -2.07. The van der Waals surface area contributed by atoms with Crippen LogP contribution in [-0.2, 0) is 19.5 Å². The summed E-state index contributed by atoms with van der Waals surface area (Å²) < 4.78 is 5.12. The van der Waals surface area contributed by atoms with Gasteiger partial charge < -0.3 is 0 Å². The van der Waals surface area contributed by atoms with E-state index in [1.165, 1.54) is 211 Å². The summed E-state index contributed by atoms with van der Waals surface area (Å²) in [6, 6.07) is 11.0. The Morgan fingerprint density at radius 1 is 0.435 bits per heavy atom.